The van der Waals surface area contributed by atoms with Crippen LogP contribution in [0, 0.1) is 0 Å². The first-order valence-electron chi connectivity index (χ1n) is 6.61. The van der Waals surface area contributed by atoms with Gasteiger partial charge in [-0.3, -0.25) is 0 Å². The number of methoxy groups -OCH3 is 2. The second-order valence-corrected chi connectivity index (χ2v) is 4.56. The molecule has 4 nitrogen and oxygen atoms in total. The molecule has 2 aromatic rings. The van der Waals surface area contributed by atoms with Gasteiger partial charge in [0.05, 0.1) is 13.2 Å². The van der Waals surface area contributed by atoms with Gasteiger partial charge in [0.15, 0.2) is 0 Å². The summed E-state index contributed by atoms with van der Waals surface area (Å²) >= 11 is 0. The van der Waals surface area contributed by atoms with Crippen molar-refractivity contribution in [1.29, 1.82) is 0 Å². The molecule has 0 bridgehead atoms. The third-order valence-electron chi connectivity index (χ3n) is 3.19. The minimum absolute atomic E-state index is 0.736. The Kier molecular flexibility index (Phi) is 5.39. The maximum atomic E-state index is 5.14. The first-order valence-corrected chi connectivity index (χ1v) is 6.61. The van der Waals surface area contributed by atoms with E-state index in [0.717, 1.165) is 32.8 Å². The standard InChI is InChI=1S/C15H22N2O2/c1-18-9-6-16-12-13-3-4-14-5-7-17(8-10-19-2)15(14)11-13/h3-5,7,11,16H,6,8-10,12H2,1-2H3. The van der Waals surface area contributed by atoms with Gasteiger partial charge < -0.3 is 19.4 Å². The van der Waals surface area contributed by atoms with Crippen LogP contribution in [0.3, 0.4) is 0 Å². The van der Waals surface area contributed by atoms with Crippen LogP contribution in [0.15, 0.2) is 30.5 Å². The zero-order chi connectivity index (χ0) is 13.5. The van der Waals surface area contributed by atoms with E-state index in [2.05, 4.69) is 40.3 Å². The summed E-state index contributed by atoms with van der Waals surface area (Å²) < 4.78 is 12.4. The summed E-state index contributed by atoms with van der Waals surface area (Å²) in [5.74, 6) is 0. The number of benzene rings is 1. The van der Waals surface area contributed by atoms with Crippen LogP contribution in [0.4, 0.5) is 0 Å². The van der Waals surface area contributed by atoms with Crippen molar-refractivity contribution in [2.45, 2.75) is 13.1 Å². The molecule has 0 aliphatic carbocycles. The van der Waals surface area contributed by atoms with Crippen LogP contribution in [0.1, 0.15) is 5.56 Å². The molecular formula is C15H22N2O2. The number of rotatable bonds is 8. The summed E-state index contributed by atoms with van der Waals surface area (Å²) in [6.45, 7) is 4.11. The van der Waals surface area contributed by atoms with Crippen LogP contribution in [-0.4, -0.2) is 38.5 Å². The van der Waals surface area contributed by atoms with E-state index in [0.29, 0.717) is 0 Å². The molecule has 0 radical (unpaired) electrons. The highest BCUT2D eigenvalue weighted by Crippen LogP contribution is 2.17. The lowest BCUT2D eigenvalue weighted by molar-refractivity contribution is 0.188. The Morgan fingerprint density at radius 2 is 1.95 bits per heavy atom. The van der Waals surface area contributed by atoms with Gasteiger partial charge in [-0.15, -0.1) is 0 Å². The van der Waals surface area contributed by atoms with E-state index in [-0.39, 0.29) is 0 Å². The molecule has 0 amide bonds. The Balaban J connectivity index is 2.05. The largest absolute Gasteiger partial charge is 0.383 e. The highest BCUT2D eigenvalue weighted by molar-refractivity contribution is 5.80. The van der Waals surface area contributed by atoms with E-state index in [1.807, 2.05) is 0 Å². The second kappa shape index (κ2) is 7.28. The SMILES string of the molecule is COCCNCc1ccc2ccn(CCOC)c2c1. The van der Waals surface area contributed by atoms with Crippen molar-refractivity contribution in [1.82, 2.24) is 9.88 Å². The minimum atomic E-state index is 0.736. The predicted molar refractivity (Wildman–Crippen MR) is 77.4 cm³/mol. The topological polar surface area (TPSA) is 35.4 Å². The third-order valence-corrected chi connectivity index (χ3v) is 3.19. The lowest BCUT2D eigenvalue weighted by atomic mass is 10.1. The lowest BCUT2D eigenvalue weighted by Crippen LogP contribution is -2.18. The Morgan fingerprint density at radius 3 is 2.74 bits per heavy atom. The van der Waals surface area contributed by atoms with Crippen molar-refractivity contribution in [3.05, 3.63) is 36.0 Å². The fourth-order valence-electron chi connectivity index (χ4n) is 2.13. The Labute approximate surface area is 114 Å². The maximum Gasteiger partial charge on any atom is 0.0641 e. The van der Waals surface area contributed by atoms with Gasteiger partial charge >= 0.3 is 0 Å². The van der Waals surface area contributed by atoms with Crippen molar-refractivity contribution in [2.75, 3.05) is 34.0 Å². The van der Waals surface area contributed by atoms with Crippen molar-refractivity contribution in [3.63, 3.8) is 0 Å². The molecule has 4 heteroatoms. The molecule has 0 aliphatic rings. The second-order valence-electron chi connectivity index (χ2n) is 4.56. The number of ether oxygens (including phenoxy) is 2. The summed E-state index contributed by atoms with van der Waals surface area (Å²) in [5.41, 5.74) is 2.56. The minimum Gasteiger partial charge on any atom is -0.383 e. The van der Waals surface area contributed by atoms with Gasteiger partial charge in [-0.25, -0.2) is 0 Å². The van der Waals surface area contributed by atoms with Crippen molar-refractivity contribution < 1.29 is 9.47 Å². The molecule has 0 atom stereocenters. The molecule has 0 fully saturated rings. The highest BCUT2D eigenvalue weighted by Gasteiger charge is 2.02. The van der Waals surface area contributed by atoms with Gasteiger partial charge in [0.1, 0.15) is 0 Å². The van der Waals surface area contributed by atoms with E-state index in [4.69, 9.17) is 9.47 Å². The van der Waals surface area contributed by atoms with Crippen LogP contribution >= 0.6 is 0 Å². The fraction of sp³-hybridized carbons (Fsp3) is 0.467. The molecule has 1 heterocycles. The average molecular weight is 262 g/mol. The molecule has 104 valence electrons. The molecular weight excluding hydrogens is 240 g/mol. The average Bonchev–Trinajstić information content (AvgIpc) is 2.84. The zero-order valence-electron chi connectivity index (χ0n) is 11.7. The lowest BCUT2D eigenvalue weighted by Gasteiger charge is -2.07. The molecule has 19 heavy (non-hydrogen) atoms. The number of fused-ring (bicyclic) bond motifs is 1. The first kappa shape index (κ1) is 14.1. The molecule has 0 spiro atoms. The molecule has 0 saturated heterocycles. The van der Waals surface area contributed by atoms with Crippen LogP contribution < -0.4 is 5.32 Å². The van der Waals surface area contributed by atoms with Crippen LogP contribution in [-0.2, 0) is 22.6 Å². The monoisotopic (exact) mass is 262 g/mol. The number of nitrogens with zero attached hydrogens (tertiary/aromatic N) is 1. The quantitative estimate of drug-likeness (QED) is 0.739. The Bertz CT molecular complexity index is 508. The van der Waals surface area contributed by atoms with Gasteiger partial charge in [0.2, 0.25) is 0 Å². The van der Waals surface area contributed by atoms with Crippen molar-refractivity contribution in [2.24, 2.45) is 0 Å². The van der Waals surface area contributed by atoms with Gasteiger partial charge in [0.25, 0.3) is 0 Å². The number of hydrogen-bond acceptors (Lipinski definition) is 3. The first-order chi connectivity index (χ1) is 9.35. The third kappa shape index (κ3) is 3.80. The van der Waals surface area contributed by atoms with E-state index < -0.39 is 0 Å². The molecule has 0 unspecified atom stereocenters. The molecule has 0 saturated carbocycles. The van der Waals surface area contributed by atoms with Crippen LogP contribution in [0.5, 0.6) is 0 Å². The normalized spacial score (nSPS) is 11.3. The molecule has 1 aromatic carbocycles. The number of hydrogen-bond donors (Lipinski definition) is 1. The number of nitrogens with one attached hydrogen (secondary N) is 1. The van der Waals surface area contributed by atoms with E-state index in [1.54, 1.807) is 14.2 Å². The van der Waals surface area contributed by atoms with Crippen molar-refractivity contribution in [3.8, 4) is 0 Å². The van der Waals surface area contributed by atoms with E-state index in [1.165, 1.54) is 16.5 Å². The predicted octanol–water partition coefficient (Wildman–Crippen LogP) is 2.02. The summed E-state index contributed by atoms with van der Waals surface area (Å²) in [7, 11) is 3.45. The fourth-order valence-corrected chi connectivity index (χ4v) is 2.13. The zero-order valence-corrected chi connectivity index (χ0v) is 11.7. The smallest absolute Gasteiger partial charge is 0.0641 e. The summed E-state index contributed by atoms with van der Waals surface area (Å²) in [4.78, 5) is 0. The van der Waals surface area contributed by atoms with Gasteiger partial charge in [-0.2, -0.15) is 0 Å². The highest BCUT2D eigenvalue weighted by atomic mass is 16.5. The Morgan fingerprint density at radius 1 is 1.11 bits per heavy atom. The molecule has 2 rings (SSSR count). The summed E-state index contributed by atoms with van der Waals surface area (Å²) in [6, 6.07) is 8.73. The summed E-state index contributed by atoms with van der Waals surface area (Å²) in [6.07, 6.45) is 2.12. The molecule has 1 N–H and O–H groups in total. The van der Waals surface area contributed by atoms with E-state index in [9.17, 15) is 0 Å². The Hall–Kier alpha value is -1.36. The maximum absolute atomic E-state index is 5.14. The van der Waals surface area contributed by atoms with E-state index >= 15 is 0 Å². The molecule has 1 aromatic heterocycles. The van der Waals surface area contributed by atoms with Gasteiger partial charge in [-0.1, -0.05) is 12.1 Å². The van der Waals surface area contributed by atoms with Crippen molar-refractivity contribution >= 4 is 10.9 Å². The number of aromatic nitrogens is 1. The van der Waals surface area contributed by atoms with Gasteiger partial charge in [-0.05, 0) is 23.1 Å². The van der Waals surface area contributed by atoms with Gasteiger partial charge in [0, 0.05) is 45.6 Å². The summed E-state index contributed by atoms with van der Waals surface area (Å²) in [5, 5.41) is 4.64. The molecule has 0 aliphatic heterocycles. The van der Waals surface area contributed by atoms with Crippen LogP contribution in [0.25, 0.3) is 10.9 Å². The van der Waals surface area contributed by atoms with Crippen LogP contribution in [0.2, 0.25) is 0 Å².